The summed E-state index contributed by atoms with van der Waals surface area (Å²) >= 11 is 11.9. The molecule has 0 spiro atoms. The Bertz CT molecular complexity index is 563. The van der Waals surface area contributed by atoms with Crippen LogP contribution < -0.4 is 10.6 Å². The molecular formula is C16H25BCl2N2O4. The summed E-state index contributed by atoms with van der Waals surface area (Å²) in [6.07, 6.45) is 2.22. The van der Waals surface area contributed by atoms with E-state index in [-0.39, 0.29) is 6.32 Å². The monoisotopic (exact) mass is 390 g/mol. The van der Waals surface area contributed by atoms with Crippen molar-refractivity contribution in [3.05, 3.63) is 33.8 Å². The van der Waals surface area contributed by atoms with Crippen LogP contribution in [0.4, 0.5) is 0 Å². The molecule has 0 saturated carbocycles. The molecule has 1 aromatic carbocycles. The third-order valence-electron chi connectivity index (χ3n) is 4.25. The highest BCUT2D eigenvalue weighted by atomic mass is 35.5. The molecular weight excluding hydrogens is 366 g/mol. The van der Waals surface area contributed by atoms with Gasteiger partial charge in [-0.25, -0.2) is 0 Å². The zero-order valence-electron chi connectivity index (χ0n) is 14.3. The minimum absolute atomic E-state index is 0.245. The summed E-state index contributed by atoms with van der Waals surface area (Å²) < 4.78 is 0. The number of hydrogen-bond donors (Lipinski definition) is 5. The minimum atomic E-state index is -1.35. The maximum absolute atomic E-state index is 11.7. The lowest BCUT2D eigenvalue weighted by atomic mass is 9.81. The number of aliphatic carboxylic acids is 1. The molecule has 9 heteroatoms. The molecule has 0 aliphatic rings. The summed E-state index contributed by atoms with van der Waals surface area (Å²) in [4.78, 5) is 11.7. The van der Waals surface area contributed by atoms with E-state index in [4.69, 9.17) is 33.2 Å². The van der Waals surface area contributed by atoms with Crippen molar-refractivity contribution in [2.24, 2.45) is 0 Å². The Balaban J connectivity index is 2.49. The molecule has 140 valence electrons. The van der Waals surface area contributed by atoms with E-state index in [0.29, 0.717) is 48.8 Å². The van der Waals surface area contributed by atoms with Crippen LogP contribution in [0.2, 0.25) is 16.4 Å². The van der Waals surface area contributed by atoms with Gasteiger partial charge in [-0.3, -0.25) is 4.79 Å². The Kier molecular flexibility index (Phi) is 9.78. The lowest BCUT2D eigenvalue weighted by Gasteiger charge is -2.29. The molecule has 1 unspecified atom stereocenters. The van der Waals surface area contributed by atoms with Crippen LogP contribution >= 0.6 is 23.2 Å². The maximum atomic E-state index is 11.7. The van der Waals surface area contributed by atoms with Crippen LogP contribution in [0.3, 0.4) is 0 Å². The van der Waals surface area contributed by atoms with Gasteiger partial charge in [0, 0.05) is 6.54 Å². The fourth-order valence-corrected chi connectivity index (χ4v) is 2.95. The molecule has 1 rings (SSSR count). The molecule has 1 atom stereocenters. The normalized spacial score (nSPS) is 13.5. The molecule has 25 heavy (non-hydrogen) atoms. The second kappa shape index (κ2) is 11.0. The third kappa shape index (κ3) is 7.52. The van der Waals surface area contributed by atoms with E-state index in [0.717, 1.165) is 5.56 Å². The van der Waals surface area contributed by atoms with E-state index < -0.39 is 18.6 Å². The van der Waals surface area contributed by atoms with E-state index >= 15 is 0 Å². The molecule has 0 aliphatic carbocycles. The Morgan fingerprint density at radius 1 is 1.20 bits per heavy atom. The van der Waals surface area contributed by atoms with Crippen molar-refractivity contribution >= 4 is 36.3 Å². The van der Waals surface area contributed by atoms with Crippen LogP contribution in [0.5, 0.6) is 0 Å². The lowest BCUT2D eigenvalue weighted by molar-refractivity contribution is -0.145. The van der Waals surface area contributed by atoms with Crippen molar-refractivity contribution in [3.8, 4) is 0 Å². The number of carbonyl (C=O) groups is 1. The van der Waals surface area contributed by atoms with Gasteiger partial charge in [0.05, 0.1) is 10.0 Å². The summed E-state index contributed by atoms with van der Waals surface area (Å²) in [5, 5.41) is 34.4. The van der Waals surface area contributed by atoms with Crippen molar-refractivity contribution in [2.45, 2.75) is 44.1 Å². The Hall–Kier alpha value is -0.825. The highest BCUT2D eigenvalue weighted by Crippen LogP contribution is 2.23. The maximum Gasteiger partial charge on any atom is 0.451 e. The molecule has 0 saturated heterocycles. The molecule has 0 fully saturated rings. The first-order chi connectivity index (χ1) is 11.8. The zero-order chi connectivity index (χ0) is 18.9. The second-order valence-electron chi connectivity index (χ2n) is 6.04. The van der Waals surface area contributed by atoms with Crippen LogP contribution in [0, 0.1) is 0 Å². The van der Waals surface area contributed by atoms with E-state index in [1.54, 1.807) is 19.2 Å². The Labute approximate surface area is 158 Å². The molecule has 0 bridgehead atoms. The summed E-state index contributed by atoms with van der Waals surface area (Å²) in [5.74, 6) is -0.907. The number of benzene rings is 1. The van der Waals surface area contributed by atoms with Gasteiger partial charge in [0.2, 0.25) is 0 Å². The number of unbranched alkanes of at least 4 members (excludes halogenated alkanes) is 1. The Morgan fingerprint density at radius 2 is 1.92 bits per heavy atom. The predicted molar refractivity (Wildman–Crippen MR) is 101 cm³/mol. The number of halogens is 2. The van der Waals surface area contributed by atoms with Gasteiger partial charge in [-0.05, 0) is 50.5 Å². The van der Waals surface area contributed by atoms with E-state index in [1.807, 2.05) is 6.07 Å². The van der Waals surface area contributed by atoms with Crippen LogP contribution in [-0.4, -0.2) is 47.4 Å². The molecule has 0 aromatic heterocycles. The van der Waals surface area contributed by atoms with Gasteiger partial charge >= 0.3 is 13.1 Å². The molecule has 0 aliphatic heterocycles. The topological polar surface area (TPSA) is 102 Å². The predicted octanol–water partition coefficient (Wildman–Crippen LogP) is 2.16. The molecule has 1 aromatic rings. The standard InChI is InChI=1S/C16H25BCl2N2O4/c1-20-16(15(22)23,6-2-3-8-17(24)25)7-9-21-11-12-4-5-13(18)14(19)10-12/h4-5,10,20-21,24-25H,2-3,6-9,11H2,1H3,(H,22,23). The Morgan fingerprint density at radius 3 is 2.48 bits per heavy atom. The fourth-order valence-electron chi connectivity index (χ4n) is 2.63. The summed E-state index contributed by atoms with van der Waals surface area (Å²) in [6, 6.07) is 5.37. The van der Waals surface area contributed by atoms with E-state index in [2.05, 4.69) is 10.6 Å². The number of carboxylic acids is 1. The molecule has 5 N–H and O–H groups in total. The molecule has 0 radical (unpaired) electrons. The van der Waals surface area contributed by atoms with Crippen molar-refractivity contribution in [2.75, 3.05) is 13.6 Å². The fraction of sp³-hybridized carbons (Fsp3) is 0.562. The number of nitrogens with one attached hydrogen (secondary N) is 2. The number of hydrogen-bond acceptors (Lipinski definition) is 5. The van der Waals surface area contributed by atoms with Gasteiger partial charge in [-0.15, -0.1) is 0 Å². The number of rotatable bonds is 12. The van der Waals surface area contributed by atoms with Crippen molar-refractivity contribution in [1.82, 2.24) is 10.6 Å². The first-order valence-electron chi connectivity index (χ1n) is 8.24. The van der Waals surface area contributed by atoms with E-state index in [1.165, 1.54) is 0 Å². The highest BCUT2D eigenvalue weighted by molar-refractivity contribution is 6.42. The molecule has 6 nitrogen and oxygen atoms in total. The summed E-state index contributed by atoms with van der Waals surface area (Å²) in [7, 11) is 0.287. The smallest absolute Gasteiger partial charge is 0.451 e. The summed E-state index contributed by atoms with van der Waals surface area (Å²) in [5.41, 5.74) is -0.0675. The average molecular weight is 391 g/mol. The first kappa shape index (κ1) is 22.2. The van der Waals surface area contributed by atoms with Crippen molar-refractivity contribution in [3.63, 3.8) is 0 Å². The van der Waals surface area contributed by atoms with Gasteiger partial charge in [0.25, 0.3) is 0 Å². The van der Waals surface area contributed by atoms with Crippen LogP contribution in [-0.2, 0) is 11.3 Å². The van der Waals surface area contributed by atoms with Gasteiger partial charge in [0.15, 0.2) is 0 Å². The van der Waals surface area contributed by atoms with Crippen LogP contribution in [0.25, 0.3) is 0 Å². The second-order valence-corrected chi connectivity index (χ2v) is 6.85. The van der Waals surface area contributed by atoms with Crippen molar-refractivity contribution in [1.29, 1.82) is 0 Å². The number of carboxylic acid groups (broad SMARTS) is 1. The largest absolute Gasteiger partial charge is 0.480 e. The van der Waals surface area contributed by atoms with Gasteiger partial charge in [-0.2, -0.15) is 0 Å². The SMILES string of the molecule is CNC(CCCCB(O)O)(CCNCc1ccc(Cl)c(Cl)c1)C(=O)O. The van der Waals surface area contributed by atoms with Crippen LogP contribution in [0.1, 0.15) is 31.2 Å². The number of likely N-dealkylation sites (N-methyl/N-ethyl adjacent to an activating group) is 1. The van der Waals surface area contributed by atoms with Crippen LogP contribution in [0.15, 0.2) is 18.2 Å². The quantitative estimate of drug-likeness (QED) is 0.277. The highest BCUT2D eigenvalue weighted by Gasteiger charge is 2.35. The third-order valence-corrected chi connectivity index (χ3v) is 4.98. The summed E-state index contributed by atoms with van der Waals surface area (Å²) in [6.45, 7) is 1.07. The average Bonchev–Trinajstić information content (AvgIpc) is 2.56. The molecule has 0 heterocycles. The molecule has 0 amide bonds. The van der Waals surface area contributed by atoms with Crippen molar-refractivity contribution < 1.29 is 19.9 Å². The minimum Gasteiger partial charge on any atom is -0.480 e. The van der Waals surface area contributed by atoms with Gasteiger partial charge < -0.3 is 25.8 Å². The van der Waals surface area contributed by atoms with Gasteiger partial charge in [0.1, 0.15) is 5.54 Å². The van der Waals surface area contributed by atoms with E-state index in [9.17, 15) is 9.90 Å². The van der Waals surface area contributed by atoms with Gasteiger partial charge in [-0.1, -0.05) is 42.1 Å². The zero-order valence-corrected chi connectivity index (χ0v) is 15.8. The first-order valence-corrected chi connectivity index (χ1v) is 8.99. The lowest BCUT2D eigenvalue weighted by Crippen LogP contribution is -2.52.